The summed E-state index contributed by atoms with van der Waals surface area (Å²) in [5.74, 6) is -0.106. The van der Waals surface area contributed by atoms with Crippen LogP contribution in [-0.2, 0) is 0 Å². The number of aliphatic hydroxyl groups is 2. The second-order valence-corrected chi connectivity index (χ2v) is 5.86. The van der Waals surface area contributed by atoms with Crippen LogP contribution in [0.5, 0.6) is 5.75 Å². The number of aliphatic hydroxyl groups excluding tert-OH is 2. The summed E-state index contributed by atoms with van der Waals surface area (Å²) in [6.45, 7) is 2.11. The number of rotatable bonds is 4. The van der Waals surface area contributed by atoms with Gasteiger partial charge in [-0.2, -0.15) is 0 Å². The first-order valence-corrected chi connectivity index (χ1v) is 7.65. The van der Waals surface area contributed by atoms with Crippen LogP contribution in [0.2, 0.25) is 0 Å². The molecular weight excluding hydrogens is 297 g/mol. The molecule has 0 fully saturated rings. The summed E-state index contributed by atoms with van der Waals surface area (Å²) < 4.78 is 18.9. The van der Waals surface area contributed by atoms with E-state index in [1.807, 2.05) is 37.3 Å². The Morgan fingerprint density at radius 1 is 1.22 bits per heavy atom. The molecule has 122 valence electrons. The largest absolute Gasteiger partial charge is 0.491 e. The Bertz CT molecular complexity index is 665. The monoisotopic (exact) mass is 317 g/mol. The maximum Gasteiger partial charge on any atom is 0.125 e. The average molecular weight is 317 g/mol. The van der Waals surface area contributed by atoms with Crippen LogP contribution in [0, 0.1) is 5.82 Å². The van der Waals surface area contributed by atoms with Gasteiger partial charge >= 0.3 is 0 Å². The van der Waals surface area contributed by atoms with E-state index in [1.165, 1.54) is 18.2 Å². The summed E-state index contributed by atoms with van der Waals surface area (Å²) >= 11 is 0. The van der Waals surface area contributed by atoms with E-state index in [9.17, 15) is 14.6 Å². The Kier molecular flexibility index (Phi) is 4.61. The first kappa shape index (κ1) is 15.9. The molecule has 1 heterocycles. The van der Waals surface area contributed by atoms with Crippen LogP contribution in [0.1, 0.15) is 30.1 Å². The summed E-state index contributed by atoms with van der Waals surface area (Å²) in [5, 5.41) is 23.8. The summed E-state index contributed by atoms with van der Waals surface area (Å²) in [7, 11) is 0. The van der Waals surface area contributed by atoms with Gasteiger partial charge in [0.05, 0.1) is 6.04 Å². The molecule has 4 nitrogen and oxygen atoms in total. The minimum Gasteiger partial charge on any atom is -0.491 e. The summed E-state index contributed by atoms with van der Waals surface area (Å²) in [6, 6.07) is 13.2. The van der Waals surface area contributed by atoms with Gasteiger partial charge in [0.1, 0.15) is 30.5 Å². The second-order valence-electron chi connectivity index (χ2n) is 5.86. The van der Waals surface area contributed by atoms with E-state index in [-0.39, 0.29) is 12.5 Å². The molecule has 0 saturated heterocycles. The Labute approximate surface area is 134 Å². The molecular formula is C18H20FNO3. The van der Waals surface area contributed by atoms with Crippen molar-refractivity contribution in [2.75, 3.05) is 6.61 Å². The highest BCUT2D eigenvalue weighted by Crippen LogP contribution is 2.33. The quantitative estimate of drug-likeness (QED) is 0.758. The zero-order valence-corrected chi connectivity index (χ0v) is 12.8. The molecule has 2 aromatic carbocycles. The third-order valence-electron chi connectivity index (χ3n) is 4.27. The lowest BCUT2D eigenvalue weighted by atomic mass is 9.96. The zero-order chi connectivity index (χ0) is 16.4. The molecule has 0 amide bonds. The maximum absolute atomic E-state index is 13.4. The van der Waals surface area contributed by atoms with Crippen molar-refractivity contribution in [1.29, 1.82) is 0 Å². The van der Waals surface area contributed by atoms with Crippen LogP contribution in [0.15, 0.2) is 48.5 Å². The van der Waals surface area contributed by atoms with Crippen molar-refractivity contribution in [1.82, 2.24) is 5.32 Å². The highest BCUT2D eigenvalue weighted by molar-refractivity contribution is 5.38. The lowest BCUT2D eigenvalue weighted by Crippen LogP contribution is -2.49. The van der Waals surface area contributed by atoms with Gasteiger partial charge < -0.3 is 14.9 Å². The number of benzene rings is 2. The molecule has 0 aliphatic carbocycles. The fourth-order valence-corrected chi connectivity index (χ4v) is 2.81. The first-order valence-electron chi connectivity index (χ1n) is 7.65. The topological polar surface area (TPSA) is 61.7 Å². The Morgan fingerprint density at radius 3 is 2.70 bits per heavy atom. The predicted molar refractivity (Wildman–Crippen MR) is 84.6 cm³/mol. The van der Waals surface area contributed by atoms with Crippen molar-refractivity contribution < 1.29 is 19.3 Å². The molecule has 2 aromatic rings. The molecule has 4 atom stereocenters. The molecule has 23 heavy (non-hydrogen) atoms. The molecule has 0 aromatic heterocycles. The van der Waals surface area contributed by atoms with E-state index in [0.717, 1.165) is 5.56 Å². The summed E-state index contributed by atoms with van der Waals surface area (Å²) in [5.41, 5.74) is 1.39. The second kappa shape index (κ2) is 6.66. The molecule has 1 aliphatic heterocycles. The molecule has 0 radical (unpaired) electrons. The molecule has 0 saturated carbocycles. The fourth-order valence-electron chi connectivity index (χ4n) is 2.81. The third-order valence-corrected chi connectivity index (χ3v) is 4.27. The van der Waals surface area contributed by atoms with E-state index in [4.69, 9.17) is 4.74 Å². The Morgan fingerprint density at radius 2 is 1.96 bits per heavy atom. The summed E-state index contributed by atoms with van der Waals surface area (Å²) in [4.78, 5) is 0. The molecule has 3 unspecified atom stereocenters. The van der Waals surface area contributed by atoms with E-state index in [0.29, 0.717) is 11.3 Å². The van der Waals surface area contributed by atoms with Gasteiger partial charge in [-0.15, -0.1) is 0 Å². The molecule has 1 aliphatic rings. The number of nitrogens with one attached hydrogen (secondary N) is 1. The molecule has 0 bridgehead atoms. The van der Waals surface area contributed by atoms with Crippen LogP contribution in [0.25, 0.3) is 0 Å². The molecule has 5 heteroatoms. The Balaban J connectivity index is 1.71. The van der Waals surface area contributed by atoms with Gasteiger partial charge in [-0.1, -0.05) is 37.3 Å². The molecule has 0 spiro atoms. The highest BCUT2D eigenvalue weighted by Gasteiger charge is 2.32. The van der Waals surface area contributed by atoms with Crippen LogP contribution < -0.4 is 10.1 Å². The van der Waals surface area contributed by atoms with Gasteiger partial charge in [-0.25, -0.2) is 4.39 Å². The van der Waals surface area contributed by atoms with Crippen LogP contribution in [0.3, 0.4) is 0 Å². The van der Waals surface area contributed by atoms with E-state index >= 15 is 0 Å². The molecule has 3 N–H and O–H groups in total. The highest BCUT2D eigenvalue weighted by atomic mass is 19.1. The lowest BCUT2D eigenvalue weighted by Gasteiger charge is -2.34. The van der Waals surface area contributed by atoms with Gasteiger partial charge in [0.25, 0.3) is 0 Å². The number of hydrogen-bond acceptors (Lipinski definition) is 4. The van der Waals surface area contributed by atoms with Gasteiger partial charge in [0.15, 0.2) is 0 Å². The maximum atomic E-state index is 13.4. The van der Waals surface area contributed by atoms with Crippen molar-refractivity contribution >= 4 is 0 Å². The van der Waals surface area contributed by atoms with Gasteiger partial charge in [0.2, 0.25) is 0 Å². The van der Waals surface area contributed by atoms with Crippen LogP contribution in [0.4, 0.5) is 4.39 Å². The zero-order valence-electron chi connectivity index (χ0n) is 12.8. The third kappa shape index (κ3) is 3.37. The minimum atomic E-state index is -0.938. The standard InChI is InChI=1S/C18H20FNO3/c1-11(12-5-3-2-4-6-12)18(22)20-15-10-23-16-8-7-13(19)9-14(16)17(15)21/h2-9,11,15,17-18,20-22H,10H2,1H3/t11-,15?,17?,18?/m0/s1. The number of ether oxygens (including phenoxy) is 1. The van der Waals surface area contributed by atoms with Gasteiger partial charge in [-0.05, 0) is 23.8 Å². The van der Waals surface area contributed by atoms with E-state index in [1.54, 1.807) is 0 Å². The Hall–Kier alpha value is -1.95. The van der Waals surface area contributed by atoms with Crippen molar-refractivity contribution in [3.8, 4) is 5.75 Å². The number of hydrogen-bond donors (Lipinski definition) is 3. The van der Waals surface area contributed by atoms with Crippen LogP contribution >= 0.6 is 0 Å². The number of fused-ring (bicyclic) bond motifs is 1. The van der Waals surface area contributed by atoms with Crippen molar-refractivity contribution in [3.63, 3.8) is 0 Å². The smallest absolute Gasteiger partial charge is 0.125 e. The fraction of sp³-hybridized carbons (Fsp3) is 0.333. The average Bonchev–Trinajstić information content (AvgIpc) is 2.58. The summed E-state index contributed by atoms with van der Waals surface area (Å²) in [6.07, 6.45) is -1.79. The SMILES string of the molecule is C[C@@H](c1ccccc1)C(O)NC1COc2ccc(F)cc2C1O. The van der Waals surface area contributed by atoms with Gasteiger partial charge in [0, 0.05) is 11.5 Å². The normalized spacial score (nSPS) is 22.8. The van der Waals surface area contributed by atoms with Crippen molar-refractivity contribution in [2.24, 2.45) is 0 Å². The van der Waals surface area contributed by atoms with Gasteiger partial charge in [-0.3, -0.25) is 5.32 Å². The van der Waals surface area contributed by atoms with E-state index in [2.05, 4.69) is 5.32 Å². The lowest BCUT2D eigenvalue weighted by molar-refractivity contribution is 0.0222. The van der Waals surface area contributed by atoms with Crippen molar-refractivity contribution in [2.45, 2.75) is 31.2 Å². The predicted octanol–water partition coefficient (Wildman–Crippen LogP) is 2.33. The number of halogens is 1. The first-order chi connectivity index (χ1) is 11.1. The van der Waals surface area contributed by atoms with E-state index < -0.39 is 24.2 Å². The van der Waals surface area contributed by atoms with Crippen molar-refractivity contribution in [3.05, 3.63) is 65.5 Å². The molecule has 3 rings (SSSR count). The van der Waals surface area contributed by atoms with Crippen LogP contribution in [-0.4, -0.2) is 29.1 Å². The minimum absolute atomic E-state index is 0.155.